The first-order valence-corrected chi connectivity index (χ1v) is 10.7. The predicted octanol–water partition coefficient (Wildman–Crippen LogP) is 3.90. The average Bonchev–Trinajstić information content (AvgIpc) is 3.43. The van der Waals surface area contributed by atoms with E-state index in [0.717, 1.165) is 27.3 Å². The summed E-state index contributed by atoms with van der Waals surface area (Å²) in [6, 6.07) is 16.5. The van der Waals surface area contributed by atoms with Crippen LogP contribution < -0.4 is 0 Å². The van der Waals surface area contributed by atoms with Gasteiger partial charge in [0.1, 0.15) is 0 Å². The fraction of sp³-hybridized carbons (Fsp3) is 0. The van der Waals surface area contributed by atoms with Crippen molar-refractivity contribution in [1.82, 2.24) is 29.1 Å². The topological polar surface area (TPSA) is 80.2 Å². The molecule has 0 amide bonds. The molecule has 0 saturated heterocycles. The zero-order valence-electron chi connectivity index (χ0n) is 13.7. The molecule has 0 spiro atoms. The summed E-state index contributed by atoms with van der Waals surface area (Å²) in [5.41, 5.74) is 3.34. The molecule has 27 heavy (non-hydrogen) atoms. The van der Waals surface area contributed by atoms with Crippen LogP contribution in [0.5, 0.6) is 0 Å². The molecule has 0 radical (unpaired) electrons. The number of imidazole rings is 1. The number of hydrogen-bond donors (Lipinski definition) is 1. The Kier molecular flexibility index (Phi) is 3.25. The quantitative estimate of drug-likeness (QED) is 0.419. The molecule has 128 valence electrons. The molecule has 1 N–H and O–H groups in total. The van der Waals surface area contributed by atoms with Gasteiger partial charge in [-0.15, -0.1) is 0 Å². The summed E-state index contributed by atoms with van der Waals surface area (Å²) >= 11 is 1.75. The number of rotatable bonds is 2. The van der Waals surface area contributed by atoms with Crippen molar-refractivity contribution in [1.29, 1.82) is 0 Å². The van der Waals surface area contributed by atoms with E-state index in [9.17, 15) is 0 Å². The Labute approximate surface area is 162 Å². The second-order valence-electron chi connectivity index (χ2n) is 6.09. The Hall–Kier alpha value is -2.93. The van der Waals surface area contributed by atoms with Crippen LogP contribution in [0.3, 0.4) is 0 Å². The normalized spacial score (nSPS) is 11.7. The van der Waals surface area contributed by atoms with Gasteiger partial charge in [-0.1, -0.05) is 12.1 Å². The van der Waals surface area contributed by atoms with Gasteiger partial charge in [-0.3, -0.25) is 0 Å². The summed E-state index contributed by atoms with van der Waals surface area (Å²) in [6.45, 7) is 0. The van der Waals surface area contributed by atoms with E-state index in [1.165, 1.54) is 14.3 Å². The van der Waals surface area contributed by atoms with Crippen LogP contribution in [0, 0.1) is 0 Å². The van der Waals surface area contributed by atoms with Gasteiger partial charge in [-0.25, -0.2) is 0 Å². The van der Waals surface area contributed by atoms with Crippen molar-refractivity contribution in [3.05, 3.63) is 54.7 Å². The van der Waals surface area contributed by atoms with Gasteiger partial charge >= 0.3 is 151 Å². The number of thiophene rings is 1. The van der Waals surface area contributed by atoms with E-state index in [-0.39, 0.29) is 14.7 Å². The standard InChI is InChI=1S/C19H10N6SSe/c1-2-6-13-10(4-1)8-14(26-13)19-20-9-12-18(23-19)22-17(21-12)11-5-3-7-15-16(11)24-25-27-15/h1-9H,(H,20,21,22,23). The van der Waals surface area contributed by atoms with Crippen LogP contribution in [0.2, 0.25) is 0 Å². The number of H-pyrrole nitrogens is 1. The molecule has 0 aliphatic carbocycles. The first-order chi connectivity index (χ1) is 13.3. The second-order valence-corrected chi connectivity index (χ2v) is 8.82. The van der Waals surface area contributed by atoms with Crippen molar-refractivity contribution >= 4 is 57.1 Å². The van der Waals surface area contributed by atoms with Gasteiger partial charge in [-0.2, -0.15) is 0 Å². The Bertz CT molecular complexity index is 1410. The third kappa shape index (κ3) is 2.42. The van der Waals surface area contributed by atoms with Gasteiger partial charge in [0, 0.05) is 0 Å². The molecule has 6 nitrogen and oxygen atoms in total. The number of hydrogen-bond acceptors (Lipinski definition) is 6. The first-order valence-electron chi connectivity index (χ1n) is 8.28. The summed E-state index contributed by atoms with van der Waals surface area (Å²) in [4.78, 5) is 18.3. The van der Waals surface area contributed by atoms with Gasteiger partial charge in [0.25, 0.3) is 0 Å². The number of nitrogens with one attached hydrogen (secondary N) is 1. The molecule has 6 aromatic rings. The molecule has 6 rings (SSSR count). The molecular weight excluding hydrogens is 423 g/mol. The summed E-state index contributed by atoms with van der Waals surface area (Å²) in [6.07, 6.45) is 1.80. The molecule has 0 fully saturated rings. The minimum absolute atomic E-state index is 0.0610. The van der Waals surface area contributed by atoms with Crippen LogP contribution >= 0.6 is 11.3 Å². The minimum atomic E-state index is 0.0610. The van der Waals surface area contributed by atoms with Crippen molar-refractivity contribution in [3.63, 3.8) is 0 Å². The SMILES string of the molecule is c1ccc2sc(-c3ncc4[nH]c(-c5cccc6[se]nnc56)nc4n3)cc2c1. The number of aromatic nitrogens is 6. The van der Waals surface area contributed by atoms with E-state index >= 15 is 0 Å². The number of nitrogens with zero attached hydrogens (tertiary/aromatic N) is 5. The summed E-state index contributed by atoms with van der Waals surface area (Å²) in [5.74, 6) is 1.45. The summed E-state index contributed by atoms with van der Waals surface area (Å²) in [5, 5.41) is 5.50. The van der Waals surface area contributed by atoms with Gasteiger partial charge in [0.2, 0.25) is 0 Å². The van der Waals surface area contributed by atoms with Crippen molar-refractivity contribution in [2.24, 2.45) is 0 Å². The molecule has 0 bridgehead atoms. The van der Waals surface area contributed by atoms with Crippen molar-refractivity contribution in [2.75, 3.05) is 0 Å². The predicted molar refractivity (Wildman–Crippen MR) is 108 cm³/mol. The molecule has 2 aromatic carbocycles. The molecule has 4 heterocycles. The van der Waals surface area contributed by atoms with Gasteiger partial charge in [-0.05, 0) is 0 Å². The van der Waals surface area contributed by atoms with Crippen LogP contribution in [-0.2, 0) is 0 Å². The zero-order valence-corrected chi connectivity index (χ0v) is 16.3. The molecule has 8 heteroatoms. The number of fused-ring (bicyclic) bond motifs is 3. The van der Waals surface area contributed by atoms with Crippen molar-refractivity contribution < 1.29 is 0 Å². The third-order valence-electron chi connectivity index (χ3n) is 4.42. The third-order valence-corrected chi connectivity index (χ3v) is 6.98. The van der Waals surface area contributed by atoms with E-state index in [1.807, 2.05) is 24.3 Å². The van der Waals surface area contributed by atoms with E-state index in [1.54, 1.807) is 17.5 Å². The van der Waals surface area contributed by atoms with Crippen LogP contribution in [0.15, 0.2) is 54.7 Å². The molecule has 0 aliphatic heterocycles. The monoisotopic (exact) mass is 434 g/mol. The fourth-order valence-corrected chi connectivity index (χ4v) is 5.38. The Morgan fingerprint density at radius 3 is 2.93 bits per heavy atom. The summed E-state index contributed by atoms with van der Waals surface area (Å²) < 4.78 is 6.59. The van der Waals surface area contributed by atoms with Crippen LogP contribution in [0.4, 0.5) is 0 Å². The maximum absolute atomic E-state index is 4.70. The molecule has 0 saturated carbocycles. The van der Waals surface area contributed by atoms with Crippen LogP contribution in [0.25, 0.3) is 53.1 Å². The van der Waals surface area contributed by atoms with E-state index in [4.69, 9.17) is 4.98 Å². The van der Waals surface area contributed by atoms with Crippen molar-refractivity contribution in [2.45, 2.75) is 0 Å². The molecule has 0 atom stereocenters. The molecular formula is C19H10N6SSe. The fourth-order valence-electron chi connectivity index (χ4n) is 3.14. The van der Waals surface area contributed by atoms with E-state index in [0.29, 0.717) is 11.5 Å². The first kappa shape index (κ1) is 15.2. The average molecular weight is 433 g/mol. The van der Waals surface area contributed by atoms with Gasteiger partial charge < -0.3 is 0 Å². The van der Waals surface area contributed by atoms with Crippen LogP contribution in [0.1, 0.15) is 0 Å². The van der Waals surface area contributed by atoms with Crippen LogP contribution in [-0.4, -0.2) is 43.9 Å². The molecule has 0 aliphatic rings. The maximum atomic E-state index is 4.70. The van der Waals surface area contributed by atoms with E-state index in [2.05, 4.69) is 48.4 Å². The second kappa shape index (κ2) is 5.79. The Balaban J connectivity index is 1.50. The number of aromatic amines is 1. The number of benzene rings is 2. The van der Waals surface area contributed by atoms with Gasteiger partial charge in [0.15, 0.2) is 0 Å². The van der Waals surface area contributed by atoms with E-state index < -0.39 is 0 Å². The Morgan fingerprint density at radius 1 is 1.00 bits per heavy atom. The van der Waals surface area contributed by atoms with Gasteiger partial charge in [0.05, 0.1) is 0 Å². The molecule has 4 aromatic heterocycles. The Morgan fingerprint density at radius 2 is 1.96 bits per heavy atom. The summed E-state index contributed by atoms with van der Waals surface area (Å²) in [7, 11) is 0. The van der Waals surface area contributed by atoms with Crippen molar-refractivity contribution in [3.8, 4) is 22.1 Å². The molecule has 0 unspecified atom stereocenters. The zero-order chi connectivity index (χ0) is 17.8.